The zero-order valence-corrected chi connectivity index (χ0v) is 10.4. The fourth-order valence-electron chi connectivity index (χ4n) is 3.06. The van der Waals surface area contributed by atoms with Crippen LogP contribution in [0.3, 0.4) is 0 Å². The minimum absolute atomic E-state index is 0.209. The Kier molecular flexibility index (Phi) is 1.95. The molecule has 0 N–H and O–H groups in total. The Bertz CT molecular complexity index is 609. The second-order valence-electron chi connectivity index (χ2n) is 5.59. The van der Waals surface area contributed by atoms with Crippen molar-refractivity contribution in [1.82, 2.24) is 0 Å². The van der Waals surface area contributed by atoms with Gasteiger partial charge in [-0.3, -0.25) is 0 Å². The quantitative estimate of drug-likeness (QED) is 0.678. The second kappa shape index (κ2) is 3.57. The van der Waals surface area contributed by atoms with E-state index in [-0.39, 0.29) is 24.4 Å². The van der Waals surface area contributed by atoms with Gasteiger partial charge in [0.2, 0.25) is 0 Å². The summed E-state index contributed by atoms with van der Waals surface area (Å²) in [5, 5.41) is 2.54. The zero-order valence-electron chi connectivity index (χ0n) is 10.4. The normalized spacial score (nSPS) is 35.4. The number of rotatable bonds is 0. The molecule has 2 aromatic carbocycles. The third-order valence-electron chi connectivity index (χ3n) is 4.27. The molecule has 5 aliphatic heterocycles. The summed E-state index contributed by atoms with van der Waals surface area (Å²) in [5.74, 6) is 0. The molecule has 2 fully saturated rings. The number of hydrogen-bond donors (Lipinski definition) is 0. The monoisotopic (exact) mass is 254 g/mol. The average Bonchev–Trinajstić information content (AvgIpc) is 3.33. The van der Waals surface area contributed by atoms with Crippen LogP contribution in [0.1, 0.15) is 23.3 Å². The summed E-state index contributed by atoms with van der Waals surface area (Å²) in [6.07, 6.45) is 0.851. The molecule has 0 amide bonds. The van der Waals surface area contributed by atoms with Crippen molar-refractivity contribution in [3.63, 3.8) is 0 Å². The fourth-order valence-corrected chi connectivity index (χ4v) is 3.06. The maximum absolute atomic E-state index is 5.70. The van der Waals surface area contributed by atoms with Crippen molar-refractivity contribution < 1.29 is 14.2 Å². The highest BCUT2D eigenvalue weighted by Gasteiger charge is 2.43. The van der Waals surface area contributed by atoms with E-state index in [1.165, 1.54) is 21.9 Å². The van der Waals surface area contributed by atoms with E-state index in [1.54, 1.807) is 0 Å². The molecule has 96 valence electrons. The summed E-state index contributed by atoms with van der Waals surface area (Å²) in [6.45, 7) is 1.33. The molecular formula is C16H14O3. The molecule has 4 unspecified atom stereocenters. The summed E-state index contributed by atoms with van der Waals surface area (Å²) in [5.41, 5.74) is 2.52. The van der Waals surface area contributed by atoms with Crippen LogP contribution in [0.15, 0.2) is 36.4 Å². The zero-order chi connectivity index (χ0) is 12.4. The van der Waals surface area contributed by atoms with Crippen molar-refractivity contribution in [1.29, 1.82) is 0 Å². The van der Waals surface area contributed by atoms with Crippen molar-refractivity contribution in [3.05, 3.63) is 47.5 Å². The predicted octanol–water partition coefficient (Wildman–Crippen LogP) is 2.75. The molecule has 3 heteroatoms. The van der Waals surface area contributed by atoms with Crippen LogP contribution in [0.4, 0.5) is 0 Å². The Morgan fingerprint density at radius 1 is 0.737 bits per heavy atom. The molecule has 0 spiro atoms. The summed E-state index contributed by atoms with van der Waals surface area (Å²) in [6, 6.07) is 13.2. The van der Waals surface area contributed by atoms with E-state index in [0.29, 0.717) is 13.2 Å². The van der Waals surface area contributed by atoms with E-state index in [2.05, 4.69) is 36.4 Å². The fraction of sp³-hybridized carbons (Fsp3) is 0.375. The van der Waals surface area contributed by atoms with Gasteiger partial charge in [-0.05, 0) is 34.0 Å². The summed E-state index contributed by atoms with van der Waals surface area (Å²) >= 11 is 0. The van der Waals surface area contributed by atoms with Crippen molar-refractivity contribution >= 4 is 10.8 Å². The third-order valence-corrected chi connectivity index (χ3v) is 4.27. The maximum Gasteiger partial charge on any atom is 0.112 e. The van der Waals surface area contributed by atoms with E-state index >= 15 is 0 Å². The number of hydrogen-bond acceptors (Lipinski definition) is 3. The first-order valence-corrected chi connectivity index (χ1v) is 6.81. The molecule has 2 aromatic rings. The predicted molar refractivity (Wildman–Crippen MR) is 70.0 cm³/mol. The molecule has 0 saturated carbocycles. The van der Waals surface area contributed by atoms with Crippen molar-refractivity contribution in [3.8, 4) is 0 Å². The summed E-state index contributed by atoms with van der Waals surface area (Å²) < 4.78 is 17.1. The van der Waals surface area contributed by atoms with Gasteiger partial charge >= 0.3 is 0 Å². The molecule has 19 heavy (non-hydrogen) atoms. The Hall–Kier alpha value is -1.42. The molecule has 3 nitrogen and oxygen atoms in total. The van der Waals surface area contributed by atoms with Gasteiger partial charge in [0.25, 0.3) is 0 Å². The molecule has 0 radical (unpaired) electrons. The second-order valence-corrected chi connectivity index (χ2v) is 5.59. The van der Waals surface area contributed by atoms with Crippen molar-refractivity contribution in [2.45, 2.75) is 24.4 Å². The third kappa shape index (κ3) is 1.62. The van der Waals surface area contributed by atoms with E-state index in [9.17, 15) is 0 Å². The molecule has 0 aliphatic carbocycles. The van der Waals surface area contributed by atoms with Gasteiger partial charge in [0.15, 0.2) is 0 Å². The lowest BCUT2D eigenvalue weighted by atomic mass is 10.0. The molecule has 2 saturated heterocycles. The Balaban J connectivity index is 1.66. The van der Waals surface area contributed by atoms with Crippen LogP contribution < -0.4 is 0 Å². The van der Waals surface area contributed by atoms with Crippen LogP contribution >= 0.6 is 0 Å². The van der Waals surface area contributed by atoms with Crippen molar-refractivity contribution in [2.75, 3.05) is 13.2 Å². The standard InChI is InChI=1S/C16H14O3/c1-3-11-6-10-2-4-12(5-9(1)10)16-14(19-16)8-17-7-13-15(11)18-13/h1-6,13-16H,7-8H2. The van der Waals surface area contributed by atoms with Crippen molar-refractivity contribution in [2.24, 2.45) is 0 Å². The van der Waals surface area contributed by atoms with Crippen LogP contribution in [0.25, 0.3) is 10.8 Å². The van der Waals surface area contributed by atoms with Gasteiger partial charge in [0.05, 0.1) is 13.2 Å². The first-order valence-electron chi connectivity index (χ1n) is 6.81. The molecule has 7 rings (SSSR count). The lowest BCUT2D eigenvalue weighted by molar-refractivity contribution is 0.102. The van der Waals surface area contributed by atoms with Gasteiger partial charge in [0, 0.05) is 0 Å². The van der Waals surface area contributed by atoms with Gasteiger partial charge in [-0.25, -0.2) is 0 Å². The van der Waals surface area contributed by atoms with Crippen LogP contribution in [0, 0.1) is 0 Å². The molecule has 4 atom stereocenters. The Morgan fingerprint density at radius 3 is 1.79 bits per heavy atom. The first kappa shape index (κ1) is 10.4. The molecule has 4 bridgehead atoms. The topological polar surface area (TPSA) is 34.3 Å². The van der Waals surface area contributed by atoms with Gasteiger partial charge < -0.3 is 14.2 Å². The maximum atomic E-state index is 5.70. The van der Waals surface area contributed by atoms with Crippen LogP contribution in [-0.2, 0) is 14.2 Å². The Labute approximate surface area is 111 Å². The van der Waals surface area contributed by atoms with E-state index in [0.717, 1.165) is 0 Å². The van der Waals surface area contributed by atoms with Gasteiger partial charge in [-0.2, -0.15) is 0 Å². The molecule has 0 aromatic heterocycles. The molecule has 5 heterocycles. The lowest BCUT2D eigenvalue weighted by Gasteiger charge is -2.03. The lowest BCUT2D eigenvalue weighted by Crippen LogP contribution is -2.08. The van der Waals surface area contributed by atoms with Gasteiger partial charge in [0.1, 0.15) is 24.4 Å². The molecule has 5 aliphatic rings. The van der Waals surface area contributed by atoms with Crippen LogP contribution in [-0.4, -0.2) is 25.4 Å². The van der Waals surface area contributed by atoms with Crippen LogP contribution in [0.2, 0.25) is 0 Å². The van der Waals surface area contributed by atoms with Gasteiger partial charge in [-0.15, -0.1) is 0 Å². The highest BCUT2D eigenvalue weighted by atomic mass is 16.6. The first-order chi connectivity index (χ1) is 9.38. The van der Waals surface area contributed by atoms with E-state index in [4.69, 9.17) is 14.2 Å². The number of epoxide rings is 2. The number of fused-ring (bicyclic) bond motifs is 2. The number of benzene rings is 2. The summed E-state index contributed by atoms with van der Waals surface area (Å²) in [7, 11) is 0. The SMILES string of the molecule is c1cc2cc3ccc2cc1C1OC1COCC1OC31. The van der Waals surface area contributed by atoms with E-state index in [1.807, 2.05) is 0 Å². The Morgan fingerprint density at radius 2 is 1.26 bits per heavy atom. The summed E-state index contributed by atoms with van der Waals surface area (Å²) in [4.78, 5) is 0. The highest BCUT2D eigenvalue weighted by molar-refractivity contribution is 5.84. The number of ether oxygens (including phenoxy) is 3. The van der Waals surface area contributed by atoms with Crippen LogP contribution in [0.5, 0.6) is 0 Å². The molecular weight excluding hydrogens is 240 g/mol. The smallest absolute Gasteiger partial charge is 0.112 e. The minimum Gasteiger partial charge on any atom is -0.376 e. The highest BCUT2D eigenvalue weighted by Crippen LogP contribution is 2.43. The minimum atomic E-state index is 0.209. The van der Waals surface area contributed by atoms with Gasteiger partial charge in [-0.1, -0.05) is 24.3 Å². The largest absolute Gasteiger partial charge is 0.376 e. The van der Waals surface area contributed by atoms with E-state index < -0.39 is 0 Å². The average molecular weight is 254 g/mol.